The van der Waals surface area contributed by atoms with Crippen LogP contribution in [0.5, 0.6) is 0 Å². The van der Waals surface area contributed by atoms with Crippen LogP contribution in [0.1, 0.15) is 155 Å². The number of unbranched alkanes of at least 4 members (excludes halogenated alkanes) is 21. The number of carbonyl (C=O) groups is 1. The number of hydrogen-bond donors (Lipinski definition) is 1. The van der Waals surface area contributed by atoms with Crippen molar-refractivity contribution in [3.8, 4) is 0 Å². The van der Waals surface area contributed by atoms with Gasteiger partial charge < -0.3 is 5.11 Å². The summed E-state index contributed by atoms with van der Waals surface area (Å²) < 4.78 is 0. The molecule has 1 N–H and O–H groups in total. The second kappa shape index (κ2) is 23.5. The van der Waals surface area contributed by atoms with Crippen LogP contribution < -0.4 is 0 Å². The third-order valence-electron chi connectivity index (χ3n) is 6.10. The van der Waals surface area contributed by atoms with Crippen LogP contribution in [-0.2, 0) is 4.79 Å². The third kappa shape index (κ3) is 23.4. The molecule has 0 aromatic heterocycles. The third-order valence-corrected chi connectivity index (χ3v) is 6.10. The monoisotopic (exact) mass is 408 g/mol. The largest absolute Gasteiger partial charge is 0.478 e. The molecule has 0 radical (unpaired) electrons. The van der Waals surface area contributed by atoms with Gasteiger partial charge in [-0.1, -0.05) is 141 Å². The van der Waals surface area contributed by atoms with Crippen LogP contribution in [0.2, 0.25) is 0 Å². The molecule has 0 aliphatic rings. The van der Waals surface area contributed by atoms with E-state index in [4.69, 9.17) is 5.11 Å². The highest BCUT2D eigenvalue weighted by Crippen LogP contribution is 2.15. The van der Waals surface area contributed by atoms with E-state index in [0.29, 0.717) is 5.57 Å². The lowest BCUT2D eigenvalue weighted by atomic mass is 10.0. The zero-order chi connectivity index (χ0) is 21.4. The molecule has 0 heterocycles. The van der Waals surface area contributed by atoms with Crippen LogP contribution in [0.3, 0.4) is 0 Å². The zero-order valence-corrected chi connectivity index (χ0v) is 20.0. The van der Waals surface area contributed by atoms with E-state index in [0.717, 1.165) is 12.8 Å². The molecule has 0 spiro atoms. The molecule has 0 aliphatic carbocycles. The summed E-state index contributed by atoms with van der Waals surface area (Å²) in [5.74, 6) is -0.784. The number of carboxylic acid groups (broad SMARTS) is 1. The fraction of sp³-hybridized carbons (Fsp3) is 0.889. The summed E-state index contributed by atoms with van der Waals surface area (Å²) in [6.07, 6.45) is 32.2. The van der Waals surface area contributed by atoms with E-state index in [1.807, 2.05) is 6.08 Å². The van der Waals surface area contributed by atoms with Crippen molar-refractivity contribution < 1.29 is 9.90 Å². The first-order chi connectivity index (χ1) is 14.2. The van der Waals surface area contributed by atoms with Crippen molar-refractivity contribution in [3.63, 3.8) is 0 Å². The summed E-state index contributed by atoms with van der Waals surface area (Å²) >= 11 is 0. The maximum absolute atomic E-state index is 10.7. The van der Waals surface area contributed by atoms with Crippen molar-refractivity contribution >= 4 is 5.97 Å². The van der Waals surface area contributed by atoms with E-state index in [2.05, 4.69) is 6.92 Å². The Morgan fingerprint density at radius 1 is 0.552 bits per heavy atom. The second-order valence-corrected chi connectivity index (χ2v) is 9.05. The van der Waals surface area contributed by atoms with Crippen LogP contribution in [0, 0.1) is 0 Å². The smallest absolute Gasteiger partial charge is 0.330 e. The minimum absolute atomic E-state index is 0.484. The normalized spacial score (nSPS) is 11.9. The second-order valence-electron chi connectivity index (χ2n) is 9.05. The number of aliphatic carboxylic acids is 1. The molecular formula is C27H52O2. The van der Waals surface area contributed by atoms with E-state index in [1.54, 1.807) is 6.92 Å². The van der Waals surface area contributed by atoms with Crippen molar-refractivity contribution in [2.45, 2.75) is 155 Å². The molecule has 0 aromatic rings. The van der Waals surface area contributed by atoms with Crippen molar-refractivity contribution in [3.05, 3.63) is 11.6 Å². The van der Waals surface area contributed by atoms with Gasteiger partial charge in [-0.3, -0.25) is 0 Å². The van der Waals surface area contributed by atoms with Crippen LogP contribution in [-0.4, -0.2) is 11.1 Å². The predicted molar refractivity (Wildman–Crippen MR) is 129 cm³/mol. The average Bonchev–Trinajstić information content (AvgIpc) is 2.71. The lowest BCUT2D eigenvalue weighted by Gasteiger charge is -2.04. The molecule has 0 fully saturated rings. The van der Waals surface area contributed by atoms with Gasteiger partial charge in [0.1, 0.15) is 0 Å². The molecule has 0 saturated heterocycles. The highest BCUT2D eigenvalue weighted by molar-refractivity contribution is 5.85. The van der Waals surface area contributed by atoms with Gasteiger partial charge in [-0.25, -0.2) is 4.79 Å². The van der Waals surface area contributed by atoms with Crippen molar-refractivity contribution in [1.29, 1.82) is 0 Å². The summed E-state index contributed by atoms with van der Waals surface area (Å²) in [5, 5.41) is 8.79. The number of hydrogen-bond acceptors (Lipinski definition) is 1. The molecule has 0 atom stereocenters. The predicted octanol–water partition coefficient (Wildman–Crippen LogP) is 9.62. The molecule has 0 saturated carbocycles. The van der Waals surface area contributed by atoms with E-state index < -0.39 is 5.97 Å². The number of carboxylic acids is 1. The lowest BCUT2D eigenvalue weighted by Crippen LogP contribution is -1.95. The first kappa shape index (κ1) is 28.2. The lowest BCUT2D eigenvalue weighted by molar-refractivity contribution is -0.132. The van der Waals surface area contributed by atoms with Crippen molar-refractivity contribution in [2.75, 3.05) is 0 Å². The molecule has 0 aliphatic heterocycles. The van der Waals surface area contributed by atoms with Gasteiger partial charge in [0.25, 0.3) is 0 Å². The molecule has 0 amide bonds. The first-order valence-electron chi connectivity index (χ1n) is 13.1. The highest BCUT2D eigenvalue weighted by Gasteiger charge is 1.98. The molecule has 0 unspecified atom stereocenters. The Labute approximate surface area is 182 Å². The van der Waals surface area contributed by atoms with Gasteiger partial charge in [0.15, 0.2) is 0 Å². The van der Waals surface area contributed by atoms with Gasteiger partial charge in [0, 0.05) is 5.57 Å². The molecule has 0 aromatic carbocycles. The summed E-state index contributed by atoms with van der Waals surface area (Å²) in [6.45, 7) is 3.97. The van der Waals surface area contributed by atoms with E-state index >= 15 is 0 Å². The highest BCUT2D eigenvalue weighted by atomic mass is 16.4. The van der Waals surface area contributed by atoms with Crippen LogP contribution in [0.15, 0.2) is 11.6 Å². The van der Waals surface area contributed by atoms with Gasteiger partial charge in [-0.15, -0.1) is 0 Å². The van der Waals surface area contributed by atoms with E-state index in [-0.39, 0.29) is 0 Å². The molecule has 0 rings (SSSR count). The molecule has 2 nitrogen and oxygen atoms in total. The molecule has 29 heavy (non-hydrogen) atoms. The van der Waals surface area contributed by atoms with Gasteiger partial charge in [0.05, 0.1) is 0 Å². The van der Waals surface area contributed by atoms with Gasteiger partial charge in [-0.05, 0) is 19.8 Å². The Bertz CT molecular complexity index is 373. The van der Waals surface area contributed by atoms with Crippen LogP contribution >= 0.6 is 0 Å². The molecule has 2 heteroatoms. The average molecular weight is 409 g/mol. The zero-order valence-electron chi connectivity index (χ0n) is 20.0. The summed E-state index contributed by atoms with van der Waals surface area (Å²) in [4.78, 5) is 10.7. The van der Waals surface area contributed by atoms with Crippen LogP contribution in [0.25, 0.3) is 0 Å². The Balaban J connectivity index is 3.08. The fourth-order valence-electron chi connectivity index (χ4n) is 3.98. The molecule has 172 valence electrons. The SMILES string of the molecule is CCCCCCCCCCCCCCCCCCCCCCCC=C(C)C(=O)O. The Hall–Kier alpha value is -0.790. The quantitative estimate of drug-likeness (QED) is 0.135. The minimum Gasteiger partial charge on any atom is -0.478 e. The van der Waals surface area contributed by atoms with Crippen molar-refractivity contribution in [1.82, 2.24) is 0 Å². The van der Waals surface area contributed by atoms with Crippen LogP contribution in [0.4, 0.5) is 0 Å². The summed E-state index contributed by atoms with van der Waals surface area (Å²) in [5.41, 5.74) is 0.484. The Morgan fingerprint density at radius 3 is 1.10 bits per heavy atom. The van der Waals surface area contributed by atoms with Gasteiger partial charge >= 0.3 is 5.97 Å². The standard InChI is InChI=1S/C27H52O2/c1-3-4-5-6-7-8-9-10-11-12-13-14-15-16-17-18-19-20-21-22-23-24-25-26(2)27(28)29/h25H,3-24H2,1-2H3,(H,28,29). The first-order valence-corrected chi connectivity index (χ1v) is 13.1. The number of rotatable bonds is 23. The maximum atomic E-state index is 10.7. The Morgan fingerprint density at radius 2 is 0.828 bits per heavy atom. The minimum atomic E-state index is -0.784. The molecule has 0 bridgehead atoms. The Kier molecular flexibility index (Phi) is 22.8. The van der Waals surface area contributed by atoms with E-state index in [1.165, 1.54) is 128 Å². The summed E-state index contributed by atoms with van der Waals surface area (Å²) in [7, 11) is 0. The molecular weight excluding hydrogens is 356 g/mol. The van der Waals surface area contributed by atoms with Gasteiger partial charge in [0.2, 0.25) is 0 Å². The topological polar surface area (TPSA) is 37.3 Å². The summed E-state index contributed by atoms with van der Waals surface area (Å²) in [6, 6.07) is 0. The maximum Gasteiger partial charge on any atom is 0.330 e. The van der Waals surface area contributed by atoms with Gasteiger partial charge in [-0.2, -0.15) is 0 Å². The number of allylic oxidation sites excluding steroid dienone is 1. The fourth-order valence-corrected chi connectivity index (χ4v) is 3.98. The van der Waals surface area contributed by atoms with E-state index in [9.17, 15) is 4.79 Å². The van der Waals surface area contributed by atoms with Crippen molar-refractivity contribution in [2.24, 2.45) is 0 Å².